The Hall–Kier alpha value is -2.73. The molecule has 1 spiro atoms. The Morgan fingerprint density at radius 3 is 2.61 bits per heavy atom. The zero-order valence-corrected chi connectivity index (χ0v) is 19.2. The van der Waals surface area contributed by atoms with Crippen molar-refractivity contribution in [2.45, 2.75) is 16.6 Å². The smallest absolute Gasteiger partial charge is 0.233 e. The van der Waals surface area contributed by atoms with Crippen LogP contribution in [0.3, 0.4) is 0 Å². The van der Waals surface area contributed by atoms with E-state index in [1.165, 1.54) is 34.6 Å². The third-order valence-electron chi connectivity index (χ3n) is 5.78. The van der Waals surface area contributed by atoms with Gasteiger partial charge in [0.2, 0.25) is 21.4 Å². The molecule has 2 aromatic rings. The molecule has 2 aliphatic heterocycles. The molecule has 33 heavy (non-hydrogen) atoms. The Kier molecular flexibility index (Phi) is 6.32. The van der Waals surface area contributed by atoms with Crippen LogP contribution in [0.2, 0.25) is 5.02 Å². The van der Waals surface area contributed by atoms with E-state index in [0.717, 1.165) is 6.07 Å². The number of benzene rings is 2. The van der Waals surface area contributed by atoms with E-state index in [1.807, 2.05) is 11.9 Å². The fraction of sp³-hybridized carbons (Fsp3) is 0.364. The van der Waals surface area contributed by atoms with Crippen LogP contribution in [0.5, 0.6) is 5.75 Å². The summed E-state index contributed by atoms with van der Waals surface area (Å²) in [7, 11) is -2.16. The summed E-state index contributed by atoms with van der Waals surface area (Å²) in [5.74, 6) is -0.544. The zero-order valence-electron chi connectivity index (χ0n) is 17.7. The zero-order chi connectivity index (χ0) is 23.8. The Balaban J connectivity index is 1.69. The van der Waals surface area contributed by atoms with Crippen molar-refractivity contribution in [3.63, 3.8) is 0 Å². The standard InChI is InChI=1S/C22H20ClFN4O4S/c1-25-18-6-5-16(11-17(18)24)32-21-12-28(14-22(21)13-27(3)8-9-31-22)33(29,30)20-7-4-15(23)10-19(20)26-2/h4-7,10-11,21H,8-9,12-14H2,3H3/t21-,22+/m0/s1. The number of hydrogen-bond acceptors (Lipinski definition) is 5. The Morgan fingerprint density at radius 2 is 1.94 bits per heavy atom. The average Bonchev–Trinajstić information content (AvgIpc) is 3.11. The summed E-state index contributed by atoms with van der Waals surface area (Å²) >= 11 is 5.94. The van der Waals surface area contributed by atoms with Gasteiger partial charge in [-0.3, -0.25) is 0 Å². The van der Waals surface area contributed by atoms with E-state index in [4.69, 9.17) is 34.2 Å². The van der Waals surface area contributed by atoms with Crippen LogP contribution >= 0.6 is 11.6 Å². The SMILES string of the molecule is [C-]#[N+]c1ccc(O[C@H]2CN(S(=O)(=O)c3ccc(Cl)cc3[N+]#[C-])C[C@]23CN(C)CCO3)cc1F. The average molecular weight is 491 g/mol. The molecule has 2 atom stereocenters. The van der Waals surface area contributed by atoms with Gasteiger partial charge in [0.15, 0.2) is 0 Å². The maximum Gasteiger partial charge on any atom is 0.233 e. The number of ether oxygens (including phenoxy) is 2. The Morgan fingerprint density at radius 1 is 1.18 bits per heavy atom. The molecule has 2 aliphatic rings. The summed E-state index contributed by atoms with van der Waals surface area (Å²) in [5.41, 5.74) is -1.19. The minimum Gasteiger partial charge on any atom is -0.486 e. The molecule has 0 unspecified atom stereocenters. The summed E-state index contributed by atoms with van der Waals surface area (Å²) in [6.45, 7) is 15.8. The number of rotatable bonds is 4. The van der Waals surface area contributed by atoms with Gasteiger partial charge in [-0.15, -0.1) is 0 Å². The molecule has 0 radical (unpaired) electrons. The highest BCUT2D eigenvalue weighted by Gasteiger charge is 2.54. The van der Waals surface area contributed by atoms with Crippen molar-refractivity contribution in [1.29, 1.82) is 0 Å². The fourth-order valence-electron chi connectivity index (χ4n) is 4.17. The topological polar surface area (TPSA) is 67.8 Å². The van der Waals surface area contributed by atoms with Crippen LogP contribution in [0, 0.1) is 19.0 Å². The Bertz CT molecular complexity index is 1280. The molecule has 2 aromatic carbocycles. The van der Waals surface area contributed by atoms with Gasteiger partial charge in [-0.2, -0.15) is 4.31 Å². The molecule has 8 nitrogen and oxygen atoms in total. The van der Waals surface area contributed by atoms with Crippen molar-refractivity contribution < 1.29 is 22.3 Å². The summed E-state index contributed by atoms with van der Waals surface area (Å²) < 4.78 is 54.5. The van der Waals surface area contributed by atoms with Crippen LogP contribution < -0.4 is 4.74 Å². The van der Waals surface area contributed by atoms with Crippen molar-refractivity contribution in [1.82, 2.24) is 9.21 Å². The molecule has 2 fully saturated rings. The molecule has 4 rings (SSSR count). The predicted octanol–water partition coefficient (Wildman–Crippen LogP) is 3.73. The quantitative estimate of drug-likeness (QED) is 0.611. The Labute approximate surface area is 196 Å². The number of nitrogens with zero attached hydrogens (tertiary/aromatic N) is 4. The first kappa shape index (κ1) is 23.4. The first-order chi connectivity index (χ1) is 15.7. The lowest BCUT2D eigenvalue weighted by Crippen LogP contribution is -2.58. The molecular weight excluding hydrogens is 471 g/mol. The van der Waals surface area contributed by atoms with E-state index >= 15 is 0 Å². The number of morpholine rings is 1. The second-order valence-corrected chi connectivity index (χ2v) is 10.3. The number of halogens is 2. The van der Waals surface area contributed by atoms with Crippen molar-refractivity contribution in [3.05, 3.63) is 70.1 Å². The normalized spacial score (nSPS) is 23.8. The van der Waals surface area contributed by atoms with E-state index in [9.17, 15) is 12.8 Å². The van der Waals surface area contributed by atoms with Gasteiger partial charge in [0.05, 0.1) is 31.2 Å². The molecule has 0 aromatic heterocycles. The van der Waals surface area contributed by atoms with Gasteiger partial charge in [-0.05, 0) is 31.3 Å². The summed E-state index contributed by atoms with van der Waals surface area (Å²) in [6, 6.07) is 7.96. The molecule has 0 saturated carbocycles. The van der Waals surface area contributed by atoms with Gasteiger partial charge < -0.3 is 14.4 Å². The van der Waals surface area contributed by atoms with Crippen molar-refractivity contribution >= 4 is 33.0 Å². The van der Waals surface area contributed by atoms with E-state index in [1.54, 1.807) is 0 Å². The molecule has 0 N–H and O–H groups in total. The second-order valence-electron chi connectivity index (χ2n) is 8.00. The molecular formula is C22H20ClFN4O4S. The van der Waals surface area contributed by atoms with Crippen LogP contribution in [0.4, 0.5) is 15.8 Å². The minimum atomic E-state index is -4.07. The van der Waals surface area contributed by atoms with Gasteiger partial charge in [0, 0.05) is 30.7 Å². The maximum atomic E-state index is 14.1. The van der Waals surface area contributed by atoms with E-state index < -0.39 is 27.5 Å². The molecule has 172 valence electrons. The lowest BCUT2D eigenvalue weighted by atomic mass is 9.97. The van der Waals surface area contributed by atoms with Gasteiger partial charge in [-0.25, -0.2) is 22.5 Å². The van der Waals surface area contributed by atoms with E-state index in [2.05, 4.69) is 9.69 Å². The van der Waals surface area contributed by atoms with E-state index in [0.29, 0.717) is 19.7 Å². The van der Waals surface area contributed by atoms with Gasteiger partial charge in [0.1, 0.15) is 23.3 Å². The number of likely N-dealkylation sites (N-methyl/N-ethyl adjacent to an activating group) is 1. The van der Waals surface area contributed by atoms with Crippen LogP contribution in [0.15, 0.2) is 41.3 Å². The molecule has 2 saturated heterocycles. The fourth-order valence-corrected chi connectivity index (χ4v) is 5.95. The van der Waals surface area contributed by atoms with Gasteiger partial charge >= 0.3 is 0 Å². The highest BCUT2D eigenvalue weighted by atomic mass is 35.5. The van der Waals surface area contributed by atoms with E-state index in [-0.39, 0.29) is 40.1 Å². The number of sulfonamides is 1. The lowest BCUT2D eigenvalue weighted by molar-refractivity contribution is -0.133. The molecule has 0 bridgehead atoms. The van der Waals surface area contributed by atoms with Crippen molar-refractivity contribution in [2.24, 2.45) is 0 Å². The second kappa shape index (κ2) is 8.90. The van der Waals surface area contributed by atoms with Crippen LogP contribution in [0.25, 0.3) is 9.69 Å². The first-order valence-electron chi connectivity index (χ1n) is 10.0. The first-order valence-corrected chi connectivity index (χ1v) is 11.8. The van der Waals surface area contributed by atoms with Crippen LogP contribution in [0.1, 0.15) is 0 Å². The summed E-state index contributed by atoms with van der Waals surface area (Å²) in [5, 5.41) is 0.265. The monoisotopic (exact) mass is 490 g/mol. The van der Waals surface area contributed by atoms with Crippen LogP contribution in [-0.4, -0.2) is 69.2 Å². The van der Waals surface area contributed by atoms with Gasteiger partial charge in [0.25, 0.3) is 0 Å². The highest BCUT2D eigenvalue weighted by Crippen LogP contribution is 2.38. The third kappa shape index (κ3) is 4.41. The molecule has 11 heteroatoms. The maximum absolute atomic E-state index is 14.1. The van der Waals surface area contributed by atoms with Gasteiger partial charge in [-0.1, -0.05) is 17.7 Å². The summed E-state index contributed by atoms with van der Waals surface area (Å²) in [6.07, 6.45) is -0.739. The lowest BCUT2D eigenvalue weighted by Gasteiger charge is -2.41. The largest absolute Gasteiger partial charge is 0.486 e. The molecule has 2 heterocycles. The highest BCUT2D eigenvalue weighted by molar-refractivity contribution is 7.89. The van der Waals surface area contributed by atoms with Crippen molar-refractivity contribution in [2.75, 3.05) is 39.8 Å². The third-order valence-corrected chi connectivity index (χ3v) is 7.87. The predicted molar refractivity (Wildman–Crippen MR) is 120 cm³/mol. The molecule has 0 amide bonds. The molecule has 0 aliphatic carbocycles. The summed E-state index contributed by atoms with van der Waals surface area (Å²) in [4.78, 5) is 8.30. The minimum absolute atomic E-state index is 0.00697. The van der Waals surface area contributed by atoms with Crippen LogP contribution in [-0.2, 0) is 14.8 Å². The van der Waals surface area contributed by atoms with Crippen molar-refractivity contribution in [3.8, 4) is 5.75 Å². The number of hydrogen-bond donors (Lipinski definition) is 0.